The van der Waals surface area contributed by atoms with Crippen molar-refractivity contribution in [2.24, 2.45) is 0 Å². The minimum Gasteiger partial charge on any atom is -0.279 e. The SMILES string of the molecule is [B]C([B])(CSSCC([B])([B])OS(=O)(=O)c1ccc(C)cc1)OS(=O)(=O)c1ccc(C)cc1. The normalized spacial score (nSPS) is 13.2. The van der Waals surface area contributed by atoms with Crippen molar-refractivity contribution >= 4 is 73.2 Å². The Kier molecular flexibility index (Phi) is 9.14. The summed E-state index contributed by atoms with van der Waals surface area (Å²) in [5.74, 6) is -0.354. The Morgan fingerprint density at radius 2 is 0.938 bits per heavy atom. The fourth-order valence-electron chi connectivity index (χ4n) is 2.23. The van der Waals surface area contributed by atoms with E-state index >= 15 is 0 Å². The Hall–Kier alpha value is -0.780. The van der Waals surface area contributed by atoms with Crippen LogP contribution >= 0.6 is 21.6 Å². The molecule has 6 nitrogen and oxygen atoms in total. The van der Waals surface area contributed by atoms with Crippen LogP contribution in [0, 0.1) is 13.8 Å². The average molecular weight is 502 g/mol. The monoisotopic (exact) mass is 502 g/mol. The van der Waals surface area contributed by atoms with E-state index in [0.717, 1.165) is 32.7 Å². The molecule has 162 valence electrons. The van der Waals surface area contributed by atoms with Crippen LogP contribution in [0.4, 0.5) is 0 Å². The maximum atomic E-state index is 12.3. The number of benzene rings is 2. The first kappa shape index (κ1) is 27.5. The minimum absolute atomic E-state index is 0.0846. The van der Waals surface area contributed by atoms with Gasteiger partial charge in [0.15, 0.2) is 0 Å². The van der Waals surface area contributed by atoms with E-state index in [-0.39, 0.29) is 21.3 Å². The number of aryl methyl sites for hydroxylation is 2. The highest BCUT2D eigenvalue weighted by Crippen LogP contribution is 2.31. The quantitative estimate of drug-likeness (QED) is 0.199. The first-order chi connectivity index (χ1) is 14.6. The van der Waals surface area contributed by atoms with Crippen LogP contribution in [0.1, 0.15) is 11.1 Å². The lowest BCUT2D eigenvalue weighted by atomic mass is 9.67. The highest BCUT2D eigenvalue weighted by Gasteiger charge is 2.30. The molecule has 0 spiro atoms. The van der Waals surface area contributed by atoms with Crippen molar-refractivity contribution in [3.05, 3.63) is 59.7 Å². The second kappa shape index (κ2) is 10.7. The van der Waals surface area contributed by atoms with E-state index < -0.39 is 31.0 Å². The maximum absolute atomic E-state index is 12.3. The lowest BCUT2D eigenvalue weighted by Crippen LogP contribution is -2.40. The molecular weight excluding hydrogens is 484 g/mol. The summed E-state index contributed by atoms with van der Waals surface area (Å²) in [6.45, 7) is 3.62. The molecule has 0 atom stereocenters. The van der Waals surface area contributed by atoms with Crippen molar-refractivity contribution in [3.63, 3.8) is 0 Å². The van der Waals surface area contributed by atoms with Crippen molar-refractivity contribution in [1.82, 2.24) is 0 Å². The highest BCUT2D eigenvalue weighted by atomic mass is 33.1. The Bertz CT molecular complexity index is 1030. The van der Waals surface area contributed by atoms with Crippen LogP contribution in [0.15, 0.2) is 58.3 Å². The van der Waals surface area contributed by atoms with Gasteiger partial charge in [-0.2, -0.15) is 16.8 Å². The molecule has 2 aromatic carbocycles. The summed E-state index contributed by atoms with van der Waals surface area (Å²) in [7, 11) is 16.7. The van der Waals surface area contributed by atoms with Crippen molar-refractivity contribution in [3.8, 4) is 0 Å². The molecule has 0 aliphatic rings. The smallest absolute Gasteiger partial charge is 0.279 e. The molecule has 0 unspecified atom stereocenters. The van der Waals surface area contributed by atoms with Crippen molar-refractivity contribution < 1.29 is 25.2 Å². The largest absolute Gasteiger partial charge is 0.296 e. The fraction of sp³-hybridized carbons (Fsp3) is 0.333. The summed E-state index contributed by atoms with van der Waals surface area (Å²) in [6.07, 6.45) is 0. The van der Waals surface area contributed by atoms with Crippen LogP contribution < -0.4 is 0 Å². The van der Waals surface area contributed by atoms with Gasteiger partial charge in [0.25, 0.3) is 20.2 Å². The van der Waals surface area contributed by atoms with Gasteiger partial charge in [0, 0.05) is 22.3 Å². The van der Waals surface area contributed by atoms with E-state index in [1.54, 1.807) is 24.3 Å². The molecule has 0 aromatic heterocycles. The van der Waals surface area contributed by atoms with Crippen molar-refractivity contribution in [2.75, 3.05) is 11.5 Å². The molecule has 0 amide bonds. The molecule has 0 fully saturated rings. The summed E-state index contributed by atoms with van der Waals surface area (Å²) in [5, 5.41) is -4.05. The Balaban J connectivity index is 1.89. The van der Waals surface area contributed by atoms with E-state index in [0.29, 0.717) is 0 Å². The van der Waals surface area contributed by atoms with E-state index in [9.17, 15) is 16.8 Å². The first-order valence-electron chi connectivity index (χ1n) is 9.07. The summed E-state index contributed by atoms with van der Waals surface area (Å²) in [6, 6.07) is 12.0. The molecule has 2 rings (SSSR count). The zero-order chi connectivity index (χ0) is 24.2. The number of hydrogen-bond acceptors (Lipinski definition) is 8. The minimum atomic E-state index is -4.18. The third-order valence-corrected chi connectivity index (χ3v) is 9.07. The lowest BCUT2D eigenvalue weighted by Gasteiger charge is -2.27. The molecule has 0 aliphatic heterocycles. The maximum Gasteiger partial charge on any atom is 0.296 e. The summed E-state index contributed by atoms with van der Waals surface area (Å²) in [4.78, 5) is -0.169. The van der Waals surface area contributed by atoms with Gasteiger partial charge in [0.2, 0.25) is 0 Å². The van der Waals surface area contributed by atoms with Gasteiger partial charge in [-0.1, -0.05) is 57.0 Å². The third-order valence-electron chi connectivity index (χ3n) is 3.80. The van der Waals surface area contributed by atoms with Gasteiger partial charge < -0.3 is 0 Å². The molecule has 0 bridgehead atoms. The van der Waals surface area contributed by atoms with Gasteiger partial charge in [-0.3, -0.25) is 8.37 Å². The Morgan fingerprint density at radius 3 is 1.22 bits per heavy atom. The molecule has 0 N–H and O–H groups in total. The molecule has 0 saturated carbocycles. The van der Waals surface area contributed by atoms with Crippen LogP contribution in [-0.4, -0.2) is 70.5 Å². The van der Waals surface area contributed by atoms with Crippen LogP contribution in [0.3, 0.4) is 0 Å². The van der Waals surface area contributed by atoms with Gasteiger partial charge in [-0.15, -0.1) is 0 Å². The predicted molar refractivity (Wildman–Crippen MR) is 132 cm³/mol. The summed E-state index contributed by atoms with van der Waals surface area (Å²) < 4.78 is 59.2. The van der Waals surface area contributed by atoms with Crippen molar-refractivity contribution in [2.45, 2.75) is 34.4 Å². The van der Waals surface area contributed by atoms with E-state index in [4.69, 9.17) is 39.8 Å². The molecule has 0 aliphatic carbocycles. The fourth-order valence-corrected chi connectivity index (χ4v) is 6.70. The zero-order valence-corrected chi connectivity index (χ0v) is 20.7. The molecule has 2 aromatic rings. The molecule has 32 heavy (non-hydrogen) atoms. The van der Waals surface area contributed by atoms with Crippen LogP contribution in [0.2, 0.25) is 0 Å². The third kappa shape index (κ3) is 8.53. The van der Waals surface area contributed by atoms with Gasteiger partial charge in [0.05, 0.1) is 9.79 Å². The topological polar surface area (TPSA) is 86.7 Å². The highest BCUT2D eigenvalue weighted by molar-refractivity contribution is 8.76. The Labute approximate surface area is 203 Å². The molecule has 0 heterocycles. The predicted octanol–water partition coefficient (Wildman–Crippen LogP) is 1.78. The standard InChI is InChI=1S/C18H18B4O6S4/c1-13-3-7-15(8-4-13)31(23,24)27-17(19,20)11-29-30-12-18(21,22)28-32(25,26)16-9-5-14(2)6-10-16/h3-10H,11-12H2,1-2H3. The number of rotatable bonds is 11. The molecule has 14 heteroatoms. The lowest BCUT2D eigenvalue weighted by molar-refractivity contribution is 0.269. The van der Waals surface area contributed by atoms with Gasteiger partial charge in [0.1, 0.15) is 31.4 Å². The molecule has 8 radical (unpaired) electrons. The van der Waals surface area contributed by atoms with E-state index in [1.165, 1.54) is 24.3 Å². The van der Waals surface area contributed by atoms with Gasteiger partial charge in [-0.05, 0) is 38.1 Å². The second-order valence-corrected chi connectivity index (χ2v) is 12.7. The second-order valence-electron chi connectivity index (χ2n) is 7.14. The average Bonchev–Trinajstić information content (AvgIpc) is 2.64. The van der Waals surface area contributed by atoms with Crippen molar-refractivity contribution in [1.29, 1.82) is 0 Å². The first-order valence-corrected chi connectivity index (χ1v) is 14.4. The number of hydrogen-bond donors (Lipinski definition) is 0. The zero-order valence-electron chi connectivity index (χ0n) is 17.4. The van der Waals surface area contributed by atoms with Gasteiger partial charge in [-0.25, -0.2) is 0 Å². The summed E-state index contributed by atoms with van der Waals surface area (Å²) in [5.41, 5.74) is 1.75. The van der Waals surface area contributed by atoms with E-state index in [2.05, 4.69) is 0 Å². The van der Waals surface area contributed by atoms with Crippen LogP contribution in [-0.2, 0) is 28.6 Å². The molecular formula is C18H18B4O6S4. The van der Waals surface area contributed by atoms with Gasteiger partial charge >= 0.3 is 0 Å². The Morgan fingerprint density at radius 1 is 0.656 bits per heavy atom. The van der Waals surface area contributed by atoms with E-state index in [1.807, 2.05) is 13.8 Å². The van der Waals surface area contributed by atoms with Crippen LogP contribution in [0.25, 0.3) is 0 Å². The van der Waals surface area contributed by atoms with Crippen LogP contribution in [0.5, 0.6) is 0 Å². The summed E-state index contributed by atoms with van der Waals surface area (Å²) >= 11 is 0. The molecule has 0 saturated heterocycles.